The van der Waals surface area contributed by atoms with E-state index in [4.69, 9.17) is 23.4 Å². The van der Waals surface area contributed by atoms with Gasteiger partial charge in [-0.05, 0) is 42.0 Å². The maximum Gasteiger partial charge on any atom is 0.258 e. The molecule has 0 atom stereocenters. The summed E-state index contributed by atoms with van der Waals surface area (Å²) in [4.78, 5) is 26.6. The number of benzene rings is 3. The molecular weight excluding hydrogens is 438 g/mol. The van der Waals surface area contributed by atoms with Crippen LogP contribution in [0.1, 0.15) is 10.4 Å². The van der Waals surface area contributed by atoms with E-state index >= 15 is 0 Å². The van der Waals surface area contributed by atoms with Gasteiger partial charge in [-0.1, -0.05) is 24.3 Å². The van der Waals surface area contributed by atoms with E-state index in [0.717, 1.165) is 0 Å². The summed E-state index contributed by atoms with van der Waals surface area (Å²) in [6.07, 6.45) is 0. The number of ether oxygens (including phenoxy) is 4. The second-order valence-electron chi connectivity index (χ2n) is 7.23. The molecule has 0 fully saturated rings. The standard InChI is InChI=1S/C26H23NO7/c1-30-17-11-9-15(10-12-17)22-23(28)18-7-5-6-8-19(18)34-26(22)27-25(29)16-13-20(31-2)24(33-4)21(14-16)32-3/h5-14H,1-4H3,(H,27,29). The molecule has 174 valence electrons. The highest BCUT2D eigenvalue weighted by atomic mass is 16.5. The van der Waals surface area contributed by atoms with Gasteiger partial charge in [0.2, 0.25) is 17.1 Å². The number of carbonyl (C=O) groups is 1. The van der Waals surface area contributed by atoms with Crippen LogP contribution in [-0.2, 0) is 0 Å². The molecule has 0 saturated carbocycles. The van der Waals surface area contributed by atoms with Gasteiger partial charge >= 0.3 is 0 Å². The number of anilines is 1. The molecule has 34 heavy (non-hydrogen) atoms. The zero-order valence-corrected chi connectivity index (χ0v) is 19.1. The van der Waals surface area contributed by atoms with E-state index in [-0.39, 0.29) is 22.4 Å². The average molecular weight is 461 g/mol. The molecule has 3 aromatic carbocycles. The third kappa shape index (κ3) is 4.13. The minimum Gasteiger partial charge on any atom is -0.497 e. The molecule has 0 aliphatic rings. The number of nitrogens with one attached hydrogen (secondary N) is 1. The van der Waals surface area contributed by atoms with Gasteiger partial charge in [0.15, 0.2) is 11.5 Å². The molecule has 1 N–H and O–H groups in total. The smallest absolute Gasteiger partial charge is 0.258 e. The highest BCUT2D eigenvalue weighted by Gasteiger charge is 2.21. The van der Waals surface area contributed by atoms with Crippen molar-refractivity contribution >= 4 is 22.8 Å². The van der Waals surface area contributed by atoms with E-state index in [9.17, 15) is 9.59 Å². The molecule has 0 unspecified atom stereocenters. The van der Waals surface area contributed by atoms with E-state index in [2.05, 4.69) is 5.32 Å². The van der Waals surface area contributed by atoms with E-state index in [1.165, 1.54) is 33.5 Å². The normalized spacial score (nSPS) is 10.6. The lowest BCUT2D eigenvalue weighted by Gasteiger charge is -2.15. The van der Waals surface area contributed by atoms with Gasteiger partial charge in [-0.3, -0.25) is 14.9 Å². The fourth-order valence-corrected chi connectivity index (χ4v) is 3.64. The molecule has 1 amide bonds. The fourth-order valence-electron chi connectivity index (χ4n) is 3.64. The molecule has 8 nitrogen and oxygen atoms in total. The number of methoxy groups -OCH3 is 4. The van der Waals surface area contributed by atoms with Crippen molar-refractivity contribution < 1.29 is 28.2 Å². The molecule has 0 aliphatic heterocycles. The molecular formula is C26H23NO7. The van der Waals surface area contributed by atoms with Crippen LogP contribution in [0.2, 0.25) is 0 Å². The highest BCUT2D eigenvalue weighted by molar-refractivity contribution is 6.06. The summed E-state index contributed by atoms with van der Waals surface area (Å²) >= 11 is 0. The molecule has 8 heteroatoms. The zero-order chi connectivity index (χ0) is 24.2. The van der Waals surface area contributed by atoms with Crippen LogP contribution in [0.3, 0.4) is 0 Å². The van der Waals surface area contributed by atoms with Crippen LogP contribution in [-0.4, -0.2) is 34.3 Å². The molecule has 4 rings (SSSR count). The first-order valence-corrected chi connectivity index (χ1v) is 10.3. The summed E-state index contributed by atoms with van der Waals surface area (Å²) in [6, 6.07) is 16.8. The summed E-state index contributed by atoms with van der Waals surface area (Å²) in [5.41, 5.74) is 1.10. The molecule has 1 heterocycles. The number of rotatable bonds is 7. The van der Waals surface area contributed by atoms with Crippen LogP contribution in [0.15, 0.2) is 69.9 Å². The number of carbonyl (C=O) groups excluding carboxylic acids is 1. The Labute approximate surface area is 195 Å². The molecule has 1 aromatic heterocycles. The summed E-state index contributed by atoms with van der Waals surface area (Å²) in [6.45, 7) is 0. The van der Waals surface area contributed by atoms with E-state index in [1.54, 1.807) is 55.6 Å². The molecule has 0 bridgehead atoms. The van der Waals surface area contributed by atoms with Crippen molar-refractivity contribution in [1.82, 2.24) is 0 Å². The number of fused-ring (bicyclic) bond motifs is 1. The number of hydrogen-bond acceptors (Lipinski definition) is 7. The van der Waals surface area contributed by atoms with E-state index < -0.39 is 5.91 Å². The highest BCUT2D eigenvalue weighted by Crippen LogP contribution is 2.38. The first-order valence-electron chi connectivity index (χ1n) is 10.3. The second kappa shape index (κ2) is 9.58. The van der Waals surface area contributed by atoms with Crippen LogP contribution >= 0.6 is 0 Å². The lowest BCUT2D eigenvalue weighted by atomic mass is 10.0. The molecule has 0 spiro atoms. The van der Waals surface area contributed by atoms with Crippen LogP contribution in [0, 0.1) is 0 Å². The minimum absolute atomic E-state index is 0.0209. The summed E-state index contributed by atoms with van der Waals surface area (Å²) in [7, 11) is 5.96. The van der Waals surface area contributed by atoms with Gasteiger partial charge in [0.25, 0.3) is 5.91 Å². The SMILES string of the molecule is COc1ccc(-c2c(NC(=O)c3cc(OC)c(OC)c(OC)c3)oc3ccccc3c2=O)cc1. The van der Waals surface area contributed by atoms with Gasteiger partial charge in [0.1, 0.15) is 11.3 Å². The first kappa shape index (κ1) is 22.7. The third-order valence-electron chi connectivity index (χ3n) is 5.33. The van der Waals surface area contributed by atoms with Crippen LogP contribution in [0.5, 0.6) is 23.0 Å². The quantitative estimate of drug-likeness (QED) is 0.424. The van der Waals surface area contributed by atoms with Crippen molar-refractivity contribution in [2.75, 3.05) is 33.8 Å². The maximum atomic E-state index is 13.4. The van der Waals surface area contributed by atoms with Gasteiger partial charge in [-0.2, -0.15) is 0 Å². The minimum atomic E-state index is -0.521. The maximum absolute atomic E-state index is 13.4. The van der Waals surface area contributed by atoms with Crippen molar-refractivity contribution in [1.29, 1.82) is 0 Å². The number of hydrogen-bond donors (Lipinski definition) is 1. The van der Waals surface area contributed by atoms with Crippen molar-refractivity contribution in [3.8, 4) is 34.1 Å². The largest absolute Gasteiger partial charge is 0.497 e. The van der Waals surface area contributed by atoms with Gasteiger partial charge in [0.05, 0.1) is 39.4 Å². The van der Waals surface area contributed by atoms with Crippen molar-refractivity contribution in [2.24, 2.45) is 0 Å². The lowest BCUT2D eigenvalue weighted by Crippen LogP contribution is -2.17. The fraction of sp³-hybridized carbons (Fsp3) is 0.154. The molecule has 0 aliphatic carbocycles. The van der Waals surface area contributed by atoms with Crippen LogP contribution in [0.25, 0.3) is 22.1 Å². The number of para-hydroxylation sites is 1. The van der Waals surface area contributed by atoms with Crippen LogP contribution in [0.4, 0.5) is 5.88 Å². The Morgan fingerprint density at radius 2 is 1.47 bits per heavy atom. The van der Waals surface area contributed by atoms with Gasteiger partial charge < -0.3 is 23.4 Å². The summed E-state index contributed by atoms with van der Waals surface area (Å²) < 4.78 is 27.2. The van der Waals surface area contributed by atoms with Crippen LogP contribution < -0.4 is 29.7 Å². The van der Waals surface area contributed by atoms with Gasteiger partial charge in [-0.25, -0.2) is 0 Å². The Bertz CT molecular complexity index is 1380. The topological polar surface area (TPSA) is 96.2 Å². The average Bonchev–Trinajstić information content (AvgIpc) is 2.88. The molecule has 4 aromatic rings. The first-order chi connectivity index (χ1) is 16.5. The Morgan fingerprint density at radius 1 is 0.824 bits per heavy atom. The monoisotopic (exact) mass is 461 g/mol. The third-order valence-corrected chi connectivity index (χ3v) is 5.33. The van der Waals surface area contributed by atoms with Crippen molar-refractivity contribution in [3.63, 3.8) is 0 Å². The Kier molecular flexibility index (Phi) is 6.40. The Morgan fingerprint density at radius 3 is 2.06 bits per heavy atom. The lowest BCUT2D eigenvalue weighted by molar-refractivity contribution is 0.102. The summed E-state index contributed by atoms with van der Waals surface area (Å²) in [5.74, 6) is 1.14. The van der Waals surface area contributed by atoms with Gasteiger partial charge in [0, 0.05) is 5.56 Å². The molecule has 0 saturated heterocycles. The Balaban J connectivity index is 1.84. The summed E-state index contributed by atoms with van der Waals surface area (Å²) in [5, 5.41) is 3.14. The number of amides is 1. The van der Waals surface area contributed by atoms with Crippen molar-refractivity contribution in [3.05, 3.63) is 76.5 Å². The zero-order valence-electron chi connectivity index (χ0n) is 19.1. The predicted octanol–water partition coefficient (Wildman–Crippen LogP) is 4.75. The van der Waals surface area contributed by atoms with Crippen molar-refractivity contribution in [2.45, 2.75) is 0 Å². The Hall–Kier alpha value is -4.46. The molecule has 0 radical (unpaired) electrons. The van der Waals surface area contributed by atoms with Gasteiger partial charge in [-0.15, -0.1) is 0 Å². The predicted molar refractivity (Wildman–Crippen MR) is 129 cm³/mol. The van der Waals surface area contributed by atoms with E-state index in [1.807, 2.05) is 0 Å². The van der Waals surface area contributed by atoms with E-state index in [0.29, 0.717) is 39.5 Å². The second-order valence-corrected chi connectivity index (χ2v) is 7.23.